The van der Waals surface area contributed by atoms with Crippen LogP contribution in [0.15, 0.2) is 58.5 Å². The van der Waals surface area contributed by atoms with E-state index in [2.05, 4.69) is 9.98 Å². The molecule has 0 unspecified atom stereocenters. The number of aliphatic imine (C=N–C) groups is 2. The summed E-state index contributed by atoms with van der Waals surface area (Å²) in [5, 5.41) is 0. The van der Waals surface area contributed by atoms with Crippen LogP contribution in [0.1, 0.15) is 0 Å². The van der Waals surface area contributed by atoms with Gasteiger partial charge in [-0.1, -0.05) is 0 Å². The second kappa shape index (κ2) is 9.22. The first-order chi connectivity index (χ1) is 7.86. The Morgan fingerprint density at radius 1 is 0.941 bits per heavy atom. The smallest absolute Gasteiger partial charge is 0.116 e. The summed E-state index contributed by atoms with van der Waals surface area (Å²) in [6.07, 6.45) is 2.89. The third-order valence-electron chi connectivity index (χ3n) is 1.64. The summed E-state index contributed by atoms with van der Waals surface area (Å²) < 4.78 is 0. The molecule has 0 radical (unpaired) electrons. The molecule has 2 aromatic carbocycles. The molecule has 0 aliphatic carbocycles. The maximum absolute atomic E-state index is 9.58. The summed E-state index contributed by atoms with van der Waals surface area (Å²) in [7, 11) is 0. The van der Waals surface area contributed by atoms with Gasteiger partial charge < -0.3 is 39.7 Å². The molecule has 2 rings (SSSR count). The van der Waals surface area contributed by atoms with Crippen LogP contribution in [0.3, 0.4) is 0 Å². The molecule has 0 N–H and O–H groups in total. The zero-order valence-electron chi connectivity index (χ0n) is 8.68. The number of hydrogen-bond acceptors (Lipinski definition) is 4. The van der Waals surface area contributed by atoms with Crippen molar-refractivity contribution >= 4 is 23.5 Å². The van der Waals surface area contributed by atoms with Crippen LogP contribution in [-0.2, 0) is 26.7 Å². The Bertz CT molecular complexity index is 442. The fraction of sp³-hybridized carbons (Fsp3) is 0. The second-order valence-electron chi connectivity index (χ2n) is 2.69. The molecule has 0 spiro atoms. The number of carbonyl (C=O) groups excluding carboxylic acids is 2. The van der Waals surface area contributed by atoms with Gasteiger partial charge in [0, 0.05) is 17.1 Å². The molecular formula is C12H8FeN2O2-6. The van der Waals surface area contributed by atoms with Crippen LogP contribution in [0.5, 0.6) is 0 Å². The van der Waals surface area contributed by atoms with Crippen LogP contribution in [0.4, 0.5) is 11.4 Å². The number of isocyanates is 2. The fourth-order valence-electron chi connectivity index (χ4n) is 0.982. The second-order valence-corrected chi connectivity index (χ2v) is 2.69. The van der Waals surface area contributed by atoms with Crippen molar-refractivity contribution < 1.29 is 26.7 Å². The van der Waals surface area contributed by atoms with E-state index in [1.807, 2.05) is 24.3 Å². The Hall–Kier alpha value is -2.02. The SMILES string of the molecule is O=C=N[c-]1[cH-][cH-][cH-][cH-]1.O=C=N[c-]1cccc1.[Fe]. The van der Waals surface area contributed by atoms with Crippen LogP contribution in [0.25, 0.3) is 0 Å². The first-order valence-electron chi connectivity index (χ1n) is 4.46. The molecule has 0 aliphatic rings. The maximum atomic E-state index is 9.58. The van der Waals surface area contributed by atoms with E-state index in [-0.39, 0.29) is 17.1 Å². The number of rotatable bonds is 2. The van der Waals surface area contributed by atoms with Gasteiger partial charge in [-0.05, 0) is 5.69 Å². The van der Waals surface area contributed by atoms with Crippen LogP contribution in [-0.4, -0.2) is 12.2 Å². The Kier molecular flexibility index (Phi) is 8.13. The normalized spacial score (nSPS) is 7.53. The monoisotopic (exact) mass is 268 g/mol. The van der Waals surface area contributed by atoms with Gasteiger partial charge in [0.1, 0.15) is 6.08 Å². The van der Waals surface area contributed by atoms with Gasteiger partial charge in [0.25, 0.3) is 0 Å². The van der Waals surface area contributed by atoms with Crippen molar-refractivity contribution in [2.24, 2.45) is 9.98 Å². The van der Waals surface area contributed by atoms with Crippen molar-refractivity contribution in [3.63, 3.8) is 0 Å². The van der Waals surface area contributed by atoms with Crippen molar-refractivity contribution in [3.8, 4) is 0 Å². The quantitative estimate of drug-likeness (QED) is 0.364. The predicted molar refractivity (Wildman–Crippen MR) is 59.6 cm³/mol. The molecule has 0 atom stereocenters. The zero-order chi connectivity index (χ0) is 11.6. The Balaban J connectivity index is 0.000000284. The molecule has 17 heavy (non-hydrogen) atoms. The van der Waals surface area contributed by atoms with Crippen molar-refractivity contribution in [1.82, 2.24) is 0 Å². The fourth-order valence-corrected chi connectivity index (χ4v) is 0.982. The predicted octanol–water partition coefficient (Wildman–Crippen LogP) is 2.74. The summed E-state index contributed by atoms with van der Waals surface area (Å²) in [5.41, 5.74) is 1.33. The first-order valence-corrected chi connectivity index (χ1v) is 4.46. The van der Waals surface area contributed by atoms with Gasteiger partial charge in [0.15, 0.2) is 0 Å². The molecule has 4 nitrogen and oxygen atoms in total. The van der Waals surface area contributed by atoms with Crippen molar-refractivity contribution in [1.29, 1.82) is 0 Å². The van der Waals surface area contributed by atoms with Gasteiger partial charge in [0.05, 0.1) is 0 Å². The summed E-state index contributed by atoms with van der Waals surface area (Å²) in [4.78, 5) is 25.9. The molecule has 0 fully saturated rings. The van der Waals surface area contributed by atoms with E-state index in [0.717, 1.165) is 0 Å². The van der Waals surface area contributed by atoms with E-state index in [0.29, 0.717) is 11.4 Å². The molecule has 0 saturated heterocycles. The summed E-state index contributed by atoms with van der Waals surface area (Å²) in [6, 6.07) is 14.2. The van der Waals surface area contributed by atoms with Gasteiger partial charge in [0.2, 0.25) is 0 Å². The molecule has 0 aromatic heterocycles. The van der Waals surface area contributed by atoms with E-state index in [1.54, 1.807) is 24.3 Å². The molecule has 0 saturated carbocycles. The topological polar surface area (TPSA) is 58.9 Å². The minimum Gasteiger partial charge on any atom is -0.699 e. The summed E-state index contributed by atoms with van der Waals surface area (Å²) in [6.45, 7) is 0. The van der Waals surface area contributed by atoms with E-state index in [4.69, 9.17) is 0 Å². The molecule has 2 aromatic rings. The molecule has 0 amide bonds. The average Bonchev–Trinajstić information content (AvgIpc) is 2.92. The van der Waals surface area contributed by atoms with E-state index < -0.39 is 0 Å². The van der Waals surface area contributed by atoms with E-state index in [1.165, 1.54) is 12.2 Å². The molecular weight excluding hydrogens is 260 g/mol. The van der Waals surface area contributed by atoms with Gasteiger partial charge in [-0.2, -0.15) is 12.1 Å². The Morgan fingerprint density at radius 3 is 1.94 bits per heavy atom. The van der Waals surface area contributed by atoms with Crippen LogP contribution in [0, 0.1) is 0 Å². The summed E-state index contributed by atoms with van der Waals surface area (Å²) in [5.74, 6) is 0. The minimum atomic E-state index is 0. The maximum Gasteiger partial charge on any atom is 0.116 e. The Morgan fingerprint density at radius 2 is 1.47 bits per heavy atom. The van der Waals surface area contributed by atoms with Gasteiger partial charge in [-0.15, -0.1) is 18.2 Å². The molecule has 0 aliphatic heterocycles. The first kappa shape index (κ1) is 15.0. The Labute approximate surface area is 109 Å². The minimum absolute atomic E-state index is 0. The molecule has 0 heterocycles. The third kappa shape index (κ3) is 6.21. The van der Waals surface area contributed by atoms with Gasteiger partial charge in [-0.3, -0.25) is 9.79 Å². The zero-order valence-corrected chi connectivity index (χ0v) is 9.79. The average molecular weight is 268 g/mol. The van der Waals surface area contributed by atoms with Gasteiger partial charge >= 0.3 is 0 Å². The molecule has 92 valence electrons. The summed E-state index contributed by atoms with van der Waals surface area (Å²) >= 11 is 0. The van der Waals surface area contributed by atoms with Gasteiger partial charge in [-0.25, -0.2) is 0 Å². The van der Waals surface area contributed by atoms with Crippen molar-refractivity contribution in [3.05, 3.63) is 48.5 Å². The standard InChI is InChI=1S/2C6H4NO.Fe/c2*8-5-7-6-3-1-2-4-6;/h2*1-4H;/q-5;-1;. The van der Waals surface area contributed by atoms with Crippen LogP contribution in [0.2, 0.25) is 0 Å². The van der Waals surface area contributed by atoms with E-state index >= 15 is 0 Å². The van der Waals surface area contributed by atoms with Crippen LogP contribution < -0.4 is 0 Å². The molecule has 0 bridgehead atoms. The third-order valence-corrected chi connectivity index (χ3v) is 1.64. The number of hydrogen-bond donors (Lipinski definition) is 0. The van der Waals surface area contributed by atoms with Crippen LogP contribution >= 0.6 is 0 Å². The van der Waals surface area contributed by atoms with E-state index in [9.17, 15) is 9.59 Å². The largest absolute Gasteiger partial charge is 0.699 e. The van der Waals surface area contributed by atoms with Crippen molar-refractivity contribution in [2.45, 2.75) is 0 Å². The number of nitrogens with zero attached hydrogens (tertiary/aromatic N) is 2. The van der Waals surface area contributed by atoms with Crippen molar-refractivity contribution in [2.75, 3.05) is 0 Å². The molecule has 5 heteroatoms.